The lowest BCUT2D eigenvalue weighted by Crippen LogP contribution is -2.04. The number of aryl methyl sites for hydroxylation is 2. The normalized spacial score (nSPS) is 12.6. The second-order valence-electron chi connectivity index (χ2n) is 10.00. The van der Waals surface area contributed by atoms with Crippen molar-refractivity contribution >= 4 is 0 Å². The number of phenols is 2. The van der Waals surface area contributed by atoms with Crippen LogP contribution in [0.1, 0.15) is 97.6 Å². The first-order valence-electron chi connectivity index (χ1n) is 10.0. The molecule has 0 saturated heterocycles. The average Bonchev–Trinajstić information content (AvgIpc) is 2.44. The van der Waals surface area contributed by atoms with Crippen LogP contribution in [0.2, 0.25) is 0 Å². The van der Waals surface area contributed by atoms with Crippen LogP contribution in [0.4, 0.5) is 0 Å². The van der Waals surface area contributed by atoms with Gasteiger partial charge in [0.15, 0.2) is 0 Å². The second kappa shape index (κ2) is 9.50. The number of unbranched alkanes of at least 4 members (excludes halogenated alkanes) is 3. The molecule has 2 nitrogen and oxygen atoms in total. The van der Waals surface area contributed by atoms with Crippen LogP contribution in [0.3, 0.4) is 0 Å². The molecule has 0 bridgehead atoms. The van der Waals surface area contributed by atoms with Gasteiger partial charge in [-0.2, -0.15) is 0 Å². The van der Waals surface area contributed by atoms with Gasteiger partial charge in [0.25, 0.3) is 0 Å². The maximum Gasteiger partial charge on any atom is 0.122 e. The van der Waals surface area contributed by atoms with E-state index in [1.165, 1.54) is 38.2 Å². The number of aromatic hydroxyl groups is 2. The highest BCUT2D eigenvalue weighted by molar-refractivity contribution is 5.45. The van der Waals surface area contributed by atoms with Crippen molar-refractivity contribution in [3.63, 3.8) is 0 Å². The largest absolute Gasteiger partial charge is 0.508 e. The van der Waals surface area contributed by atoms with Crippen molar-refractivity contribution in [1.82, 2.24) is 0 Å². The summed E-state index contributed by atoms with van der Waals surface area (Å²) in [6.07, 6.45) is 10.0. The first-order chi connectivity index (χ1) is 11.5. The Labute approximate surface area is 155 Å². The molecule has 1 aromatic rings. The van der Waals surface area contributed by atoms with Crippen molar-refractivity contribution < 1.29 is 10.2 Å². The third-order valence-corrected chi connectivity index (χ3v) is 4.78. The number of hydrogen-bond donors (Lipinski definition) is 2. The molecule has 144 valence electrons. The molecule has 0 saturated carbocycles. The molecule has 0 unspecified atom stereocenters. The summed E-state index contributed by atoms with van der Waals surface area (Å²) in [6.45, 7) is 13.6. The third kappa shape index (κ3) is 9.77. The minimum Gasteiger partial charge on any atom is -0.508 e. The van der Waals surface area contributed by atoms with Gasteiger partial charge in [0.1, 0.15) is 11.5 Å². The molecule has 0 aliphatic rings. The summed E-state index contributed by atoms with van der Waals surface area (Å²) in [7, 11) is 0. The van der Waals surface area contributed by atoms with Crippen LogP contribution < -0.4 is 0 Å². The molecule has 0 aromatic heterocycles. The standard InChI is InChI=1S/C23H40O2/c1-22(2,3)14-10-7-8-12-18-16-19(21(25)17-20(18)24)13-9-11-15-23(4,5)6/h16-17,24-25H,7-15H2,1-6H3. The van der Waals surface area contributed by atoms with Gasteiger partial charge in [0.2, 0.25) is 0 Å². The molecule has 0 fully saturated rings. The summed E-state index contributed by atoms with van der Waals surface area (Å²) in [6, 6.07) is 3.55. The van der Waals surface area contributed by atoms with Gasteiger partial charge in [-0.05, 0) is 66.5 Å². The molecule has 0 aliphatic heterocycles. The molecule has 1 aromatic carbocycles. The van der Waals surface area contributed by atoms with E-state index in [1.54, 1.807) is 0 Å². The summed E-state index contributed by atoms with van der Waals surface area (Å²) in [4.78, 5) is 0. The van der Waals surface area contributed by atoms with Crippen LogP contribution in [0.5, 0.6) is 11.5 Å². The highest BCUT2D eigenvalue weighted by atomic mass is 16.3. The van der Waals surface area contributed by atoms with E-state index >= 15 is 0 Å². The number of benzene rings is 1. The van der Waals surface area contributed by atoms with Crippen molar-refractivity contribution in [2.24, 2.45) is 10.8 Å². The van der Waals surface area contributed by atoms with Gasteiger partial charge in [-0.1, -0.05) is 60.8 Å². The summed E-state index contributed by atoms with van der Waals surface area (Å²) in [5.41, 5.74) is 2.74. The summed E-state index contributed by atoms with van der Waals surface area (Å²) >= 11 is 0. The summed E-state index contributed by atoms with van der Waals surface area (Å²) in [5, 5.41) is 20.2. The van der Waals surface area contributed by atoms with Crippen LogP contribution in [0.15, 0.2) is 12.1 Å². The fourth-order valence-electron chi connectivity index (χ4n) is 3.19. The van der Waals surface area contributed by atoms with Crippen LogP contribution in [0.25, 0.3) is 0 Å². The fourth-order valence-corrected chi connectivity index (χ4v) is 3.19. The first-order valence-corrected chi connectivity index (χ1v) is 10.0. The van der Waals surface area contributed by atoms with Crippen molar-refractivity contribution in [2.45, 2.75) is 99.3 Å². The van der Waals surface area contributed by atoms with E-state index in [1.807, 2.05) is 6.07 Å². The number of phenolic OH excluding ortho intramolecular Hbond substituents is 2. The van der Waals surface area contributed by atoms with E-state index in [0.29, 0.717) is 10.8 Å². The Bertz CT molecular complexity index is 518. The molecule has 1 rings (SSSR count). The molecule has 0 heterocycles. The Hall–Kier alpha value is -1.18. The Kier molecular flexibility index (Phi) is 8.31. The average molecular weight is 349 g/mol. The van der Waals surface area contributed by atoms with Crippen LogP contribution >= 0.6 is 0 Å². The zero-order valence-electron chi connectivity index (χ0n) is 17.4. The molecule has 0 amide bonds. The van der Waals surface area contributed by atoms with E-state index in [0.717, 1.165) is 36.8 Å². The van der Waals surface area contributed by atoms with E-state index < -0.39 is 0 Å². The number of rotatable bonds is 9. The van der Waals surface area contributed by atoms with Crippen molar-refractivity contribution in [1.29, 1.82) is 0 Å². The van der Waals surface area contributed by atoms with Gasteiger partial charge >= 0.3 is 0 Å². The molecular formula is C23H40O2. The van der Waals surface area contributed by atoms with Crippen molar-refractivity contribution in [3.8, 4) is 11.5 Å². The first kappa shape index (κ1) is 21.9. The van der Waals surface area contributed by atoms with Crippen LogP contribution in [-0.4, -0.2) is 10.2 Å². The minimum atomic E-state index is 0.241. The Morgan fingerprint density at radius 3 is 1.44 bits per heavy atom. The predicted molar refractivity (Wildman–Crippen MR) is 108 cm³/mol. The zero-order chi connectivity index (χ0) is 19.1. The molecule has 25 heavy (non-hydrogen) atoms. The van der Waals surface area contributed by atoms with Gasteiger partial charge in [0, 0.05) is 6.07 Å². The summed E-state index contributed by atoms with van der Waals surface area (Å²) in [5.74, 6) is 0.483. The molecule has 0 atom stereocenters. The van der Waals surface area contributed by atoms with E-state index in [4.69, 9.17) is 0 Å². The lowest BCUT2D eigenvalue weighted by molar-refractivity contribution is 0.357. The molecule has 2 heteroatoms. The maximum absolute atomic E-state index is 10.1. The van der Waals surface area contributed by atoms with Crippen molar-refractivity contribution in [2.75, 3.05) is 0 Å². The van der Waals surface area contributed by atoms with Gasteiger partial charge in [-0.25, -0.2) is 0 Å². The van der Waals surface area contributed by atoms with E-state index in [9.17, 15) is 10.2 Å². The SMILES string of the molecule is CC(C)(C)CCCCCc1cc(CCCCC(C)(C)C)c(O)cc1O. The number of hydrogen-bond acceptors (Lipinski definition) is 2. The monoisotopic (exact) mass is 348 g/mol. The minimum absolute atomic E-state index is 0.241. The Morgan fingerprint density at radius 1 is 0.600 bits per heavy atom. The zero-order valence-corrected chi connectivity index (χ0v) is 17.4. The van der Waals surface area contributed by atoms with E-state index in [-0.39, 0.29) is 11.5 Å². The molecule has 0 aliphatic carbocycles. The van der Waals surface area contributed by atoms with Gasteiger partial charge < -0.3 is 10.2 Å². The lowest BCUT2D eigenvalue weighted by Gasteiger charge is -2.18. The highest BCUT2D eigenvalue weighted by Gasteiger charge is 2.12. The second-order valence-corrected chi connectivity index (χ2v) is 10.00. The van der Waals surface area contributed by atoms with Crippen molar-refractivity contribution in [3.05, 3.63) is 23.3 Å². The molecular weight excluding hydrogens is 308 g/mol. The maximum atomic E-state index is 10.1. The molecule has 2 N–H and O–H groups in total. The molecule has 0 radical (unpaired) electrons. The molecule has 0 spiro atoms. The quantitative estimate of drug-likeness (QED) is 0.471. The third-order valence-electron chi connectivity index (χ3n) is 4.78. The fraction of sp³-hybridized carbons (Fsp3) is 0.739. The topological polar surface area (TPSA) is 40.5 Å². The van der Waals surface area contributed by atoms with E-state index in [2.05, 4.69) is 41.5 Å². The van der Waals surface area contributed by atoms with Crippen LogP contribution in [-0.2, 0) is 12.8 Å². The van der Waals surface area contributed by atoms with Gasteiger partial charge in [0.05, 0.1) is 0 Å². The Balaban J connectivity index is 2.49. The van der Waals surface area contributed by atoms with Crippen LogP contribution in [0, 0.1) is 10.8 Å². The van der Waals surface area contributed by atoms with Gasteiger partial charge in [-0.3, -0.25) is 0 Å². The van der Waals surface area contributed by atoms with Gasteiger partial charge in [-0.15, -0.1) is 0 Å². The predicted octanol–water partition coefficient (Wildman–Crippen LogP) is 7.01. The smallest absolute Gasteiger partial charge is 0.122 e. The highest BCUT2D eigenvalue weighted by Crippen LogP contribution is 2.31. The summed E-state index contributed by atoms with van der Waals surface area (Å²) < 4.78 is 0. The lowest BCUT2D eigenvalue weighted by atomic mass is 9.88. The Morgan fingerprint density at radius 2 is 1.00 bits per heavy atom.